The standard InChI is InChI=1S/C19H30N2O2S/c1-6-9-20-19(23)16(5)24-10-7-8-17(22)21-18-14(3)11-13(2)12-15(18)4/h11-12,16H,6-10H2,1-5H3,(H,20,23)(H,21,22)/t16-/m0/s1. The molecule has 0 aliphatic carbocycles. The molecule has 0 aliphatic heterocycles. The fourth-order valence-electron chi connectivity index (χ4n) is 2.54. The van der Waals surface area contributed by atoms with E-state index in [1.165, 1.54) is 5.56 Å². The van der Waals surface area contributed by atoms with E-state index in [2.05, 4.69) is 29.7 Å². The maximum absolute atomic E-state index is 12.1. The summed E-state index contributed by atoms with van der Waals surface area (Å²) in [6.07, 6.45) is 2.19. The molecule has 2 amide bonds. The molecule has 2 N–H and O–H groups in total. The van der Waals surface area contributed by atoms with Crippen LogP contribution in [0.25, 0.3) is 0 Å². The average molecular weight is 351 g/mol. The van der Waals surface area contributed by atoms with E-state index in [1.54, 1.807) is 11.8 Å². The highest BCUT2D eigenvalue weighted by molar-refractivity contribution is 8.00. The van der Waals surface area contributed by atoms with Crippen LogP contribution in [-0.4, -0.2) is 29.4 Å². The van der Waals surface area contributed by atoms with Gasteiger partial charge in [-0.25, -0.2) is 0 Å². The van der Waals surface area contributed by atoms with Crippen molar-refractivity contribution >= 4 is 29.3 Å². The van der Waals surface area contributed by atoms with Gasteiger partial charge in [0.2, 0.25) is 11.8 Å². The number of hydrogen-bond acceptors (Lipinski definition) is 3. The fraction of sp³-hybridized carbons (Fsp3) is 0.579. The Morgan fingerprint density at radius 3 is 2.38 bits per heavy atom. The highest BCUT2D eigenvalue weighted by Crippen LogP contribution is 2.22. The fourth-order valence-corrected chi connectivity index (χ4v) is 3.44. The molecular formula is C19H30N2O2S. The first-order valence-electron chi connectivity index (χ1n) is 8.62. The Kier molecular flexibility index (Phi) is 8.90. The molecule has 0 spiro atoms. The van der Waals surface area contributed by atoms with Crippen molar-refractivity contribution in [2.45, 2.75) is 59.1 Å². The molecule has 4 nitrogen and oxygen atoms in total. The second-order valence-electron chi connectivity index (χ2n) is 6.23. The lowest BCUT2D eigenvalue weighted by Gasteiger charge is -2.13. The number of thioether (sulfide) groups is 1. The van der Waals surface area contributed by atoms with Gasteiger partial charge >= 0.3 is 0 Å². The van der Waals surface area contributed by atoms with E-state index in [1.807, 2.05) is 27.7 Å². The summed E-state index contributed by atoms with van der Waals surface area (Å²) in [5.74, 6) is 0.922. The van der Waals surface area contributed by atoms with E-state index in [0.717, 1.165) is 42.0 Å². The predicted molar refractivity (Wildman–Crippen MR) is 104 cm³/mol. The van der Waals surface area contributed by atoms with Crippen LogP contribution in [0.15, 0.2) is 12.1 Å². The van der Waals surface area contributed by atoms with Gasteiger partial charge in [0, 0.05) is 18.7 Å². The molecule has 0 bridgehead atoms. The lowest BCUT2D eigenvalue weighted by atomic mass is 10.0. The molecule has 1 rings (SSSR count). The summed E-state index contributed by atoms with van der Waals surface area (Å²) in [6, 6.07) is 4.16. The first-order chi connectivity index (χ1) is 11.3. The normalized spacial score (nSPS) is 11.9. The minimum Gasteiger partial charge on any atom is -0.355 e. The topological polar surface area (TPSA) is 58.2 Å². The molecule has 134 valence electrons. The van der Waals surface area contributed by atoms with Gasteiger partial charge in [-0.2, -0.15) is 0 Å². The van der Waals surface area contributed by atoms with E-state index in [4.69, 9.17) is 0 Å². The van der Waals surface area contributed by atoms with Gasteiger partial charge in [-0.15, -0.1) is 11.8 Å². The zero-order chi connectivity index (χ0) is 18.1. The SMILES string of the molecule is CCCNC(=O)[C@H](C)SCCCC(=O)Nc1c(C)cc(C)cc1C. The average Bonchev–Trinajstić information content (AvgIpc) is 2.52. The van der Waals surface area contributed by atoms with Crippen LogP contribution in [0, 0.1) is 20.8 Å². The van der Waals surface area contributed by atoms with Crippen LogP contribution in [0.1, 0.15) is 49.8 Å². The van der Waals surface area contributed by atoms with E-state index >= 15 is 0 Å². The first-order valence-corrected chi connectivity index (χ1v) is 9.67. The third kappa shape index (κ3) is 6.95. The monoisotopic (exact) mass is 350 g/mol. The molecule has 0 unspecified atom stereocenters. The number of hydrogen-bond donors (Lipinski definition) is 2. The number of anilines is 1. The quantitative estimate of drug-likeness (QED) is 0.662. The first kappa shape index (κ1) is 20.6. The summed E-state index contributed by atoms with van der Waals surface area (Å²) in [7, 11) is 0. The Hall–Kier alpha value is -1.49. The van der Waals surface area contributed by atoms with Crippen LogP contribution in [0.2, 0.25) is 0 Å². The Balaban J connectivity index is 2.34. The van der Waals surface area contributed by atoms with Crippen molar-refractivity contribution in [3.8, 4) is 0 Å². The smallest absolute Gasteiger partial charge is 0.232 e. The lowest BCUT2D eigenvalue weighted by molar-refractivity contribution is -0.120. The van der Waals surface area contributed by atoms with E-state index < -0.39 is 0 Å². The molecule has 1 aromatic carbocycles. The molecule has 0 heterocycles. The van der Waals surface area contributed by atoms with Crippen LogP contribution in [0.4, 0.5) is 5.69 Å². The van der Waals surface area contributed by atoms with Gasteiger partial charge in [0.25, 0.3) is 0 Å². The molecule has 0 radical (unpaired) electrons. The van der Waals surface area contributed by atoms with E-state index in [0.29, 0.717) is 6.42 Å². The third-order valence-corrected chi connectivity index (χ3v) is 5.01. The van der Waals surface area contributed by atoms with Crippen molar-refractivity contribution in [3.05, 3.63) is 28.8 Å². The molecule has 0 aliphatic rings. The molecule has 24 heavy (non-hydrogen) atoms. The Labute approximate surface area is 150 Å². The number of rotatable bonds is 9. The molecular weight excluding hydrogens is 320 g/mol. The maximum Gasteiger partial charge on any atom is 0.232 e. The summed E-state index contributed by atoms with van der Waals surface area (Å²) in [5.41, 5.74) is 4.31. The third-order valence-electron chi connectivity index (χ3n) is 3.78. The number of nitrogens with one attached hydrogen (secondary N) is 2. The number of benzene rings is 1. The van der Waals surface area contributed by atoms with E-state index in [9.17, 15) is 9.59 Å². The van der Waals surface area contributed by atoms with Crippen molar-refractivity contribution < 1.29 is 9.59 Å². The van der Waals surface area contributed by atoms with Crippen molar-refractivity contribution in [3.63, 3.8) is 0 Å². The highest BCUT2D eigenvalue weighted by atomic mass is 32.2. The molecule has 0 saturated heterocycles. The number of aryl methyl sites for hydroxylation is 3. The van der Waals surface area contributed by atoms with Crippen LogP contribution in [-0.2, 0) is 9.59 Å². The van der Waals surface area contributed by atoms with Gasteiger partial charge in [0.15, 0.2) is 0 Å². The van der Waals surface area contributed by atoms with Crippen molar-refractivity contribution in [2.24, 2.45) is 0 Å². The van der Waals surface area contributed by atoms with Gasteiger partial charge in [-0.1, -0.05) is 24.6 Å². The molecule has 1 atom stereocenters. The summed E-state index contributed by atoms with van der Waals surface area (Å²) >= 11 is 1.60. The molecule has 5 heteroatoms. The molecule has 0 saturated carbocycles. The van der Waals surface area contributed by atoms with E-state index in [-0.39, 0.29) is 17.1 Å². The second kappa shape index (κ2) is 10.4. The minimum atomic E-state index is -0.0683. The molecule has 0 fully saturated rings. The molecule has 1 aromatic rings. The van der Waals surface area contributed by atoms with Crippen molar-refractivity contribution in [1.82, 2.24) is 5.32 Å². The number of amides is 2. The van der Waals surface area contributed by atoms with Crippen molar-refractivity contribution in [1.29, 1.82) is 0 Å². The van der Waals surface area contributed by atoms with Crippen LogP contribution in [0.5, 0.6) is 0 Å². The Morgan fingerprint density at radius 1 is 1.17 bits per heavy atom. The predicted octanol–water partition coefficient (Wildman–Crippen LogP) is 3.98. The number of carbonyl (C=O) groups excluding carboxylic acids is 2. The van der Waals surface area contributed by atoms with Crippen LogP contribution in [0.3, 0.4) is 0 Å². The zero-order valence-electron chi connectivity index (χ0n) is 15.5. The van der Waals surface area contributed by atoms with Gasteiger partial charge in [0.1, 0.15) is 0 Å². The summed E-state index contributed by atoms with van der Waals surface area (Å²) in [4.78, 5) is 23.9. The van der Waals surface area contributed by atoms with Gasteiger partial charge in [-0.05, 0) is 57.4 Å². The van der Waals surface area contributed by atoms with Gasteiger partial charge < -0.3 is 10.6 Å². The van der Waals surface area contributed by atoms with Crippen LogP contribution < -0.4 is 10.6 Å². The maximum atomic E-state index is 12.1. The Bertz CT molecular complexity index is 549. The minimum absolute atomic E-state index is 0.0359. The van der Waals surface area contributed by atoms with Gasteiger partial charge in [0.05, 0.1) is 5.25 Å². The Morgan fingerprint density at radius 2 is 1.79 bits per heavy atom. The second-order valence-corrected chi connectivity index (χ2v) is 7.68. The summed E-state index contributed by atoms with van der Waals surface area (Å²) in [6.45, 7) is 10.8. The van der Waals surface area contributed by atoms with Crippen molar-refractivity contribution in [2.75, 3.05) is 17.6 Å². The zero-order valence-corrected chi connectivity index (χ0v) is 16.3. The van der Waals surface area contributed by atoms with Gasteiger partial charge in [-0.3, -0.25) is 9.59 Å². The highest BCUT2D eigenvalue weighted by Gasteiger charge is 2.13. The lowest BCUT2D eigenvalue weighted by Crippen LogP contribution is -2.31. The molecule has 0 aromatic heterocycles. The number of carbonyl (C=O) groups is 2. The van der Waals surface area contributed by atoms with Crippen LogP contribution >= 0.6 is 11.8 Å². The summed E-state index contributed by atoms with van der Waals surface area (Å²) < 4.78 is 0. The summed E-state index contributed by atoms with van der Waals surface area (Å²) in [5, 5.41) is 5.84. The largest absolute Gasteiger partial charge is 0.355 e.